The number of nitrogens with zero attached hydrogens (tertiary/aromatic N) is 2. The van der Waals surface area contributed by atoms with Gasteiger partial charge in [0.05, 0.1) is 25.5 Å². The Morgan fingerprint density at radius 1 is 1.21 bits per heavy atom. The van der Waals surface area contributed by atoms with E-state index in [4.69, 9.17) is 4.74 Å². The van der Waals surface area contributed by atoms with Gasteiger partial charge in [-0.1, -0.05) is 12.1 Å². The molecule has 0 spiro atoms. The normalized spacial score (nSPS) is 14.2. The largest absolute Gasteiger partial charge is 0.496 e. The number of nitrogens with one attached hydrogen (secondary N) is 2. The molecule has 3 N–H and O–H groups in total. The number of likely N-dealkylation sites (N-methyl/N-ethyl adjacent to an activating group) is 1. The highest BCUT2D eigenvalue weighted by Crippen LogP contribution is 2.28. The van der Waals surface area contributed by atoms with Gasteiger partial charge in [0.1, 0.15) is 5.75 Å². The number of amides is 2. The third-order valence-corrected chi connectivity index (χ3v) is 6.84. The molecule has 1 aliphatic rings. The molecule has 4 rings (SSSR count). The number of aliphatic hydroxyl groups is 1. The molecule has 178 valence electrons. The molecule has 0 unspecified atom stereocenters. The number of aryl methyl sites for hydroxylation is 1. The van der Waals surface area contributed by atoms with Crippen LogP contribution in [0.1, 0.15) is 48.5 Å². The highest BCUT2D eigenvalue weighted by atomic mass is 32.1. The molecule has 0 fully saturated rings. The van der Waals surface area contributed by atoms with E-state index in [2.05, 4.69) is 27.6 Å². The number of anilines is 1. The molecule has 2 heterocycles. The molecule has 2 amide bonds. The van der Waals surface area contributed by atoms with Crippen LogP contribution in [0.4, 0.5) is 5.13 Å². The number of thiazole rings is 1. The number of carbonyl (C=O) groups excluding carboxylic acids is 2. The predicted molar refractivity (Wildman–Crippen MR) is 132 cm³/mol. The zero-order chi connectivity index (χ0) is 24.2. The zero-order valence-electron chi connectivity index (χ0n) is 19.4. The fourth-order valence-electron chi connectivity index (χ4n) is 3.94. The molecule has 1 atom stereocenters. The van der Waals surface area contributed by atoms with E-state index in [-0.39, 0.29) is 18.4 Å². The number of methoxy groups -OCH3 is 1. The van der Waals surface area contributed by atoms with Crippen LogP contribution in [0.2, 0.25) is 0 Å². The van der Waals surface area contributed by atoms with Crippen LogP contribution in [0.5, 0.6) is 5.75 Å². The Kier molecular flexibility index (Phi) is 7.26. The lowest BCUT2D eigenvalue weighted by atomic mass is 10.0. The monoisotopic (exact) mass is 480 g/mol. The second kappa shape index (κ2) is 10.3. The van der Waals surface area contributed by atoms with E-state index >= 15 is 0 Å². The van der Waals surface area contributed by atoms with Crippen LogP contribution in [-0.4, -0.2) is 54.1 Å². The quantitative estimate of drug-likeness (QED) is 0.480. The molecule has 9 heteroatoms. The van der Waals surface area contributed by atoms with Crippen molar-refractivity contribution in [3.05, 3.63) is 75.3 Å². The minimum atomic E-state index is -0.662. The van der Waals surface area contributed by atoms with Gasteiger partial charge in [-0.15, -0.1) is 11.3 Å². The highest BCUT2D eigenvalue weighted by Gasteiger charge is 2.21. The Hall–Kier alpha value is -3.27. The number of rotatable bonds is 7. The SMILES string of the molecule is COc1ccc(C(=O)N[C@H](CO)c2cccc(C(=O)Nc3nc4c(s3)CN(C)CC4)c2)cc1C. The minimum Gasteiger partial charge on any atom is -0.496 e. The second-order valence-corrected chi connectivity index (χ2v) is 9.43. The second-order valence-electron chi connectivity index (χ2n) is 8.35. The summed E-state index contributed by atoms with van der Waals surface area (Å²) in [6.07, 6.45) is 0.874. The van der Waals surface area contributed by atoms with Crippen molar-refractivity contribution in [3.63, 3.8) is 0 Å². The van der Waals surface area contributed by atoms with Crippen molar-refractivity contribution in [3.8, 4) is 5.75 Å². The summed E-state index contributed by atoms with van der Waals surface area (Å²) in [4.78, 5) is 33.6. The van der Waals surface area contributed by atoms with Crippen molar-refractivity contribution in [1.29, 1.82) is 0 Å². The molecule has 1 aliphatic heterocycles. The number of carbonyl (C=O) groups is 2. The number of hydrogen-bond donors (Lipinski definition) is 3. The standard InChI is InChI=1S/C25H28N4O4S/c1-15-11-18(7-8-21(15)33-3)23(31)26-20(14-30)16-5-4-6-17(12-16)24(32)28-25-27-19-9-10-29(2)13-22(19)34-25/h4-8,11-12,20,30H,9-10,13-14H2,1-3H3,(H,26,31)(H,27,28,32)/t20-/m1/s1. The lowest BCUT2D eigenvalue weighted by molar-refractivity contribution is 0.0916. The number of fused-ring (bicyclic) bond motifs is 1. The lowest BCUT2D eigenvalue weighted by Gasteiger charge is -2.20. The first-order chi connectivity index (χ1) is 16.4. The van der Waals surface area contributed by atoms with Crippen LogP contribution in [-0.2, 0) is 13.0 Å². The molecule has 0 saturated heterocycles. The van der Waals surface area contributed by atoms with Crippen molar-refractivity contribution in [2.45, 2.75) is 25.9 Å². The van der Waals surface area contributed by atoms with Gasteiger partial charge in [0, 0.05) is 35.5 Å². The summed E-state index contributed by atoms with van der Waals surface area (Å²) in [5.74, 6) is 0.0927. The van der Waals surface area contributed by atoms with Gasteiger partial charge in [-0.3, -0.25) is 14.9 Å². The lowest BCUT2D eigenvalue weighted by Crippen LogP contribution is -2.31. The van der Waals surface area contributed by atoms with Crippen LogP contribution in [0.25, 0.3) is 0 Å². The van der Waals surface area contributed by atoms with Gasteiger partial charge in [0.2, 0.25) is 0 Å². The summed E-state index contributed by atoms with van der Waals surface area (Å²) >= 11 is 1.50. The third-order valence-electron chi connectivity index (χ3n) is 5.84. The first kappa shape index (κ1) is 23.9. The van der Waals surface area contributed by atoms with Crippen molar-refractivity contribution < 1.29 is 19.4 Å². The minimum absolute atomic E-state index is 0.282. The topological polar surface area (TPSA) is 104 Å². The summed E-state index contributed by atoms with van der Waals surface area (Å²) in [6.45, 7) is 3.34. The Labute approximate surface area is 202 Å². The predicted octanol–water partition coefficient (Wildman–Crippen LogP) is 3.16. The summed E-state index contributed by atoms with van der Waals surface area (Å²) in [7, 11) is 3.65. The Bertz CT molecular complexity index is 1210. The van der Waals surface area contributed by atoms with Gasteiger partial charge in [0.25, 0.3) is 11.8 Å². The van der Waals surface area contributed by atoms with Gasteiger partial charge in [-0.05, 0) is 55.4 Å². The van der Waals surface area contributed by atoms with Crippen LogP contribution >= 0.6 is 11.3 Å². The maximum atomic E-state index is 12.9. The summed E-state index contributed by atoms with van der Waals surface area (Å²) in [6, 6.07) is 11.4. The summed E-state index contributed by atoms with van der Waals surface area (Å²) < 4.78 is 5.24. The number of benzene rings is 2. The van der Waals surface area contributed by atoms with Gasteiger partial charge in [-0.25, -0.2) is 4.98 Å². The van der Waals surface area contributed by atoms with Crippen LogP contribution < -0.4 is 15.4 Å². The molecular weight excluding hydrogens is 452 g/mol. The maximum absolute atomic E-state index is 12.9. The van der Waals surface area contributed by atoms with E-state index in [0.29, 0.717) is 27.6 Å². The van der Waals surface area contributed by atoms with Crippen molar-refractivity contribution in [2.24, 2.45) is 0 Å². The molecular formula is C25H28N4O4S. The molecule has 0 bridgehead atoms. The van der Waals surface area contributed by atoms with Crippen molar-refractivity contribution in [2.75, 3.05) is 32.6 Å². The van der Waals surface area contributed by atoms with E-state index < -0.39 is 6.04 Å². The number of aromatic nitrogens is 1. The molecule has 8 nitrogen and oxygen atoms in total. The number of aliphatic hydroxyl groups excluding tert-OH is 1. The summed E-state index contributed by atoms with van der Waals surface area (Å²) in [5, 5.41) is 16.3. The fraction of sp³-hybridized carbons (Fsp3) is 0.320. The summed E-state index contributed by atoms with van der Waals surface area (Å²) in [5.41, 5.74) is 3.41. The molecule has 2 aromatic carbocycles. The molecule has 0 radical (unpaired) electrons. The molecule has 34 heavy (non-hydrogen) atoms. The Morgan fingerprint density at radius 3 is 2.74 bits per heavy atom. The van der Waals surface area contributed by atoms with E-state index in [1.807, 2.05) is 6.92 Å². The number of ether oxygens (including phenoxy) is 1. The van der Waals surface area contributed by atoms with E-state index in [0.717, 1.165) is 30.8 Å². The molecule has 0 aliphatic carbocycles. The number of hydrogen-bond acceptors (Lipinski definition) is 7. The molecule has 0 saturated carbocycles. The zero-order valence-corrected chi connectivity index (χ0v) is 20.2. The van der Waals surface area contributed by atoms with Gasteiger partial charge < -0.3 is 20.1 Å². The first-order valence-corrected chi connectivity index (χ1v) is 11.8. The van der Waals surface area contributed by atoms with Gasteiger partial charge >= 0.3 is 0 Å². The van der Waals surface area contributed by atoms with Gasteiger partial charge in [-0.2, -0.15) is 0 Å². The fourth-order valence-corrected chi connectivity index (χ4v) is 5.02. The molecule has 3 aromatic rings. The van der Waals surface area contributed by atoms with E-state index in [1.54, 1.807) is 49.6 Å². The Balaban J connectivity index is 1.46. The van der Waals surface area contributed by atoms with Crippen molar-refractivity contribution >= 4 is 28.3 Å². The molecule has 1 aromatic heterocycles. The van der Waals surface area contributed by atoms with Crippen LogP contribution in [0, 0.1) is 6.92 Å². The highest BCUT2D eigenvalue weighted by molar-refractivity contribution is 7.15. The Morgan fingerprint density at radius 2 is 2.00 bits per heavy atom. The maximum Gasteiger partial charge on any atom is 0.257 e. The van der Waals surface area contributed by atoms with Crippen molar-refractivity contribution in [1.82, 2.24) is 15.2 Å². The van der Waals surface area contributed by atoms with E-state index in [1.165, 1.54) is 16.2 Å². The first-order valence-electron chi connectivity index (χ1n) is 11.0. The van der Waals surface area contributed by atoms with Crippen LogP contribution in [0.3, 0.4) is 0 Å². The van der Waals surface area contributed by atoms with Gasteiger partial charge in [0.15, 0.2) is 5.13 Å². The van der Waals surface area contributed by atoms with Crippen LogP contribution in [0.15, 0.2) is 42.5 Å². The smallest absolute Gasteiger partial charge is 0.257 e. The average molecular weight is 481 g/mol. The average Bonchev–Trinajstić information content (AvgIpc) is 3.23. The van der Waals surface area contributed by atoms with E-state index in [9.17, 15) is 14.7 Å². The third kappa shape index (κ3) is 5.27.